The molecule has 4 rings (SSSR count). The van der Waals surface area contributed by atoms with E-state index >= 15 is 0 Å². The van der Waals surface area contributed by atoms with E-state index in [-0.39, 0.29) is 11.5 Å². The molecule has 0 atom stereocenters. The fourth-order valence-corrected chi connectivity index (χ4v) is 5.03. The van der Waals surface area contributed by atoms with E-state index in [1.165, 1.54) is 13.2 Å². The lowest BCUT2D eigenvalue weighted by Gasteiger charge is -2.13. The van der Waals surface area contributed by atoms with Gasteiger partial charge >= 0.3 is 0 Å². The normalized spacial score (nSPS) is 13.9. The number of aryl methyl sites for hydroxylation is 1. The highest BCUT2D eigenvalue weighted by Crippen LogP contribution is 2.34. The summed E-state index contributed by atoms with van der Waals surface area (Å²) in [7, 11) is 1.44. The fraction of sp³-hybridized carbons (Fsp3) is 0.172. The number of nitrogens with zero attached hydrogens (tertiary/aromatic N) is 1. The molecule has 0 bridgehead atoms. The van der Waals surface area contributed by atoms with Crippen molar-refractivity contribution in [2.24, 2.45) is 0 Å². The predicted octanol–water partition coefficient (Wildman–Crippen LogP) is 6.37. The van der Waals surface area contributed by atoms with Crippen LogP contribution in [-0.2, 0) is 20.8 Å². The smallest absolute Gasteiger partial charge is 0.294 e. The molecule has 0 saturated carbocycles. The number of thioether (sulfide) groups is 1. The molecule has 3 aromatic rings. The van der Waals surface area contributed by atoms with E-state index in [0.29, 0.717) is 37.9 Å². The highest BCUT2D eigenvalue weighted by atomic mass is 79.9. The summed E-state index contributed by atoms with van der Waals surface area (Å²) in [4.78, 5) is 51.3. The molecular formula is C29H25BrClN3O6S. The molecule has 1 heterocycles. The molecule has 9 nitrogen and oxygen atoms in total. The SMILES string of the molecule is CCc1ccc(NC(=O)CN2C(=O)S/C(=C/c3ccc(OCC(=O)Nc4ccc(Br)c(Cl)c4)c(OC)c3)C2=O)cc1. The molecule has 1 aliphatic heterocycles. The van der Waals surface area contributed by atoms with Crippen molar-refractivity contribution < 1.29 is 28.7 Å². The molecule has 0 unspecified atom stereocenters. The first-order valence-corrected chi connectivity index (χ1v) is 14.4. The van der Waals surface area contributed by atoms with Gasteiger partial charge in [-0.1, -0.05) is 36.7 Å². The lowest BCUT2D eigenvalue weighted by Crippen LogP contribution is -2.36. The minimum Gasteiger partial charge on any atom is -0.493 e. The number of imide groups is 1. The molecule has 0 aliphatic carbocycles. The first kappa shape index (κ1) is 30.2. The summed E-state index contributed by atoms with van der Waals surface area (Å²) < 4.78 is 11.7. The van der Waals surface area contributed by atoms with Gasteiger partial charge in [0.1, 0.15) is 6.54 Å². The molecule has 3 aromatic carbocycles. The van der Waals surface area contributed by atoms with Gasteiger partial charge < -0.3 is 20.1 Å². The Morgan fingerprint density at radius 2 is 1.68 bits per heavy atom. The van der Waals surface area contributed by atoms with Crippen LogP contribution in [0.2, 0.25) is 5.02 Å². The van der Waals surface area contributed by atoms with E-state index in [9.17, 15) is 19.2 Å². The molecular weight excluding hydrogens is 634 g/mol. The number of carbonyl (C=O) groups is 4. The third-order valence-electron chi connectivity index (χ3n) is 5.87. The first-order valence-electron chi connectivity index (χ1n) is 12.4. The number of rotatable bonds is 10. The molecule has 4 amide bonds. The van der Waals surface area contributed by atoms with Crippen molar-refractivity contribution in [3.8, 4) is 11.5 Å². The standard InChI is InChI=1S/C29H25BrClN3O6S/c1-3-17-4-7-19(8-5-17)32-26(35)15-34-28(37)25(41-29(34)38)13-18-6-11-23(24(12-18)39-2)40-16-27(36)33-20-9-10-21(30)22(31)14-20/h4-14H,3,15-16H2,1-2H3,(H,32,35)(H,33,36)/b25-13+. The third kappa shape index (κ3) is 7.90. The van der Waals surface area contributed by atoms with E-state index in [0.717, 1.165) is 28.6 Å². The van der Waals surface area contributed by atoms with Gasteiger partial charge in [0.25, 0.3) is 17.1 Å². The third-order valence-corrected chi connectivity index (χ3v) is 8.01. The van der Waals surface area contributed by atoms with Gasteiger partial charge in [-0.05, 0) is 93.8 Å². The number of anilines is 2. The summed E-state index contributed by atoms with van der Waals surface area (Å²) in [5, 5.41) is 5.32. The Hall–Kier alpha value is -3.80. The Bertz CT molecular complexity index is 1530. The molecule has 41 heavy (non-hydrogen) atoms. The molecule has 0 aromatic heterocycles. The number of ether oxygens (including phenoxy) is 2. The summed E-state index contributed by atoms with van der Waals surface area (Å²) in [5.41, 5.74) is 2.79. The molecule has 1 saturated heterocycles. The van der Waals surface area contributed by atoms with E-state index in [2.05, 4.69) is 26.6 Å². The maximum atomic E-state index is 12.9. The van der Waals surface area contributed by atoms with E-state index < -0.39 is 29.5 Å². The molecule has 0 spiro atoms. The average Bonchev–Trinajstić information content (AvgIpc) is 3.21. The highest BCUT2D eigenvalue weighted by Gasteiger charge is 2.36. The number of carbonyl (C=O) groups excluding carboxylic acids is 4. The summed E-state index contributed by atoms with van der Waals surface area (Å²) >= 11 is 10.1. The lowest BCUT2D eigenvalue weighted by atomic mass is 10.1. The van der Waals surface area contributed by atoms with Gasteiger partial charge in [0.15, 0.2) is 18.1 Å². The van der Waals surface area contributed by atoms with Crippen molar-refractivity contribution in [3.05, 3.63) is 86.2 Å². The van der Waals surface area contributed by atoms with Crippen LogP contribution in [-0.4, -0.2) is 48.1 Å². The second-order valence-corrected chi connectivity index (χ2v) is 11.0. The Balaban J connectivity index is 1.36. The summed E-state index contributed by atoms with van der Waals surface area (Å²) in [6.07, 6.45) is 2.40. The van der Waals surface area contributed by atoms with E-state index in [1.807, 2.05) is 19.1 Å². The maximum Gasteiger partial charge on any atom is 0.294 e. The minimum atomic E-state index is -0.569. The van der Waals surface area contributed by atoms with Crippen LogP contribution in [0.3, 0.4) is 0 Å². The van der Waals surface area contributed by atoms with Crippen LogP contribution in [0.1, 0.15) is 18.1 Å². The van der Waals surface area contributed by atoms with Gasteiger partial charge in [-0.25, -0.2) is 0 Å². The monoisotopic (exact) mass is 657 g/mol. The van der Waals surface area contributed by atoms with Gasteiger partial charge in [-0.15, -0.1) is 0 Å². The van der Waals surface area contributed by atoms with Gasteiger partial charge in [-0.3, -0.25) is 24.1 Å². The van der Waals surface area contributed by atoms with Crippen LogP contribution in [0, 0.1) is 0 Å². The predicted molar refractivity (Wildman–Crippen MR) is 163 cm³/mol. The number of hydrogen-bond acceptors (Lipinski definition) is 7. The lowest BCUT2D eigenvalue weighted by molar-refractivity contribution is -0.127. The number of halogens is 2. The Labute approximate surface area is 254 Å². The van der Waals surface area contributed by atoms with Gasteiger partial charge in [0, 0.05) is 15.8 Å². The van der Waals surface area contributed by atoms with Gasteiger partial charge in [-0.2, -0.15) is 0 Å². The van der Waals surface area contributed by atoms with Crippen molar-refractivity contribution in [2.45, 2.75) is 13.3 Å². The summed E-state index contributed by atoms with van der Waals surface area (Å²) in [6, 6.07) is 17.2. The molecule has 1 aliphatic rings. The topological polar surface area (TPSA) is 114 Å². The number of methoxy groups -OCH3 is 1. The molecule has 0 radical (unpaired) electrons. The maximum absolute atomic E-state index is 12.9. The Morgan fingerprint density at radius 1 is 0.976 bits per heavy atom. The van der Waals surface area contributed by atoms with Crippen LogP contribution in [0.4, 0.5) is 16.2 Å². The molecule has 212 valence electrons. The van der Waals surface area contributed by atoms with Crippen LogP contribution in [0.25, 0.3) is 6.08 Å². The number of amides is 4. The van der Waals surface area contributed by atoms with Crippen molar-refractivity contribution in [2.75, 3.05) is 30.9 Å². The second kappa shape index (κ2) is 13.7. The van der Waals surface area contributed by atoms with E-state index in [4.69, 9.17) is 21.1 Å². The van der Waals surface area contributed by atoms with Crippen LogP contribution < -0.4 is 20.1 Å². The van der Waals surface area contributed by atoms with Crippen LogP contribution >= 0.6 is 39.3 Å². The minimum absolute atomic E-state index is 0.165. The van der Waals surface area contributed by atoms with Gasteiger partial charge in [0.05, 0.1) is 17.0 Å². The zero-order chi connectivity index (χ0) is 29.5. The van der Waals surface area contributed by atoms with Crippen molar-refractivity contribution in [3.63, 3.8) is 0 Å². The number of benzene rings is 3. The fourth-order valence-electron chi connectivity index (χ4n) is 3.76. The average molecular weight is 659 g/mol. The number of hydrogen-bond donors (Lipinski definition) is 2. The van der Waals surface area contributed by atoms with Gasteiger partial charge in [0.2, 0.25) is 5.91 Å². The highest BCUT2D eigenvalue weighted by molar-refractivity contribution is 9.10. The Kier molecular flexibility index (Phi) is 10.1. The molecule has 12 heteroatoms. The largest absolute Gasteiger partial charge is 0.493 e. The second-order valence-electron chi connectivity index (χ2n) is 8.74. The molecule has 2 N–H and O–H groups in total. The van der Waals surface area contributed by atoms with E-state index in [1.54, 1.807) is 48.5 Å². The summed E-state index contributed by atoms with van der Waals surface area (Å²) in [6.45, 7) is 1.35. The van der Waals surface area contributed by atoms with Crippen molar-refractivity contribution in [1.82, 2.24) is 4.90 Å². The van der Waals surface area contributed by atoms with Crippen molar-refractivity contribution >= 4 is 79.7 Å². The zero-order valence-electron chi connectivity index (χ0n) is 22.0. The number of nitrogens with one attached hydrogen (secondary N) is 2. The zero-order valence-corrected chi connectivity index (χ0v) is 25.2. The van der Waals surface area contributed by atoms with Crippen molar-refractivity contribution in [1.29, 1.82) is 0 Å². The molecule has 1 fully saturated rings. The first-order chi connectivity index (χ1) is 19.7. The van der Waals surface area contributed by atoms with Crippen LogP contribution in [0.5, 0.6) is 11.5 Å². The summed E-state index contributed by atoms with van der Waals surface area (Å²) in [5.74, 6) is -0.810. The quantitative estimate of drug-likeness (QED) is 0.244. The Morgan fingerprint density at radius 3 is 2.37 bits per heavy atom. The van der Waals surface area contributed by atoms with Crippen LogP contribution in [0.15, 0.2) is 70.0 Å².